The first-order valence-electron chi connectivity index (χ1n) is 10.0. The SMILES string of the molecule is O=C1NC(=O)[C@](CN2Cc3ccc(F)cc3C2=O)(c2ccc(-c3ccc(F)cc3F)cc2)N1. The van der Waals surface area contributed by atoms with E-state index in [1.165, 1.54) is 35.2 Å². The molecule has 2 N–H and O–H groups in total. The molecular weight excluding hydrogens is 435 g/mol. The Morgan fingerprint density at radius 2 is 1.55 bits per heavy atom. The number of urea groups is 1. The lowest BCUT2D eigenvalue weighted by Crippen LogP contribution is -2.52. The van der Waals surface area contributed by atoms with Crippen LogP contribution in [0.25, 0.3) is 11.1 Å². The molecule has 6 nitrogen and oxygen atoms in total. The predicted octanol–water partition coefficient (Wildman–Crippen LogP) is 3.46. The van der Waals surface area contributed by atoms with Crippen LogP contribution >= 0.6 is 0 Å². The lowest BCUT2D eigenvalue weighted by Gasteiger charge is -2.31. The van der Waals surface area contributed by atoms with Crippen LogP contribution in [0.2, 0.25) is 0 Å². The van der Waals surface area contributed by atoms with Crippen molar-refractivity contribution in [2.75, 3.05) is 6.54 Å². The second kappa shape index (κ2) is 7.47. The van der Waals surface area contributed by atoms with Crippen molar-refractivity contribution in [2.45, 2.75) is 12.1 Å². The van der Waals surface area contributed by atoms with E-state index in [0.29, 0.717) is 16.7 Å². The fraction of sp³-hybridized carbons (Fsp3) is 0.125. The number of rotatable bonds is 4. The summed E-state index contributed by atoms with van der Waals surface area (Å²) in [5.41, 5.74) is 0.209. The van der Waals surface area contributed by atoms with Crippen LogP contribution in [0.3, 0.4) is 0 Å². The minimum absolute atomic E-state index is 0.151. The molecule has 3 aromatic rings. The molecule has 9 heteroatoms. The molecule has 33 heavy (non-hydrogen) atoms. The van der Waals surface area contributed by atoms with E-state index in [0.717, 1.165) is 18.2 Å². The summed E-state index contributed by atoms with van der Waals surface area (Å²) in [6.45, 7) is -0.0395. The average molecular weight is 451 g/mol. The second-order valence-corrected chi connectivity index (χ2v) is 7.98. The summed E-state index contributed by atoms with van der Waals surface area (Å²) in [7, 11) is 0. The Morgan fingerprint density at radius 3 is 2.21 bits per heavy atom. The monoisotopic (exact) mass is 451 g/mol. The molecule has 0 aromatic heterocycles. The van der Waals surface area contributed by atoms with E-state index in [-0.39, 0.29) is 24.2 Å². The first-order chi connectivity index (χ1) is 15.8. The van der Waals surface area contributed by atoms with Crippen LogP contribution in [0.15, 0.2) is 60.7 Å². The molecule has 166 valence electrons. The first kappa shape index (κ1) is 20.7. The molecular formula is C24H16F3N3O3. The molecule has 2 aliphatic rings. The highest BCUT2D eigenvalue weighted by atomic mass is 19.1. The van der Waals surface area contributed by atoms with Gasteiger partial charge in [-0.05, 0) is 41.0 Å². The Bertz CT molecular complexity index is 1330. The van der Waals surface area contributed by atoms with Crippen molar-refractivity contribution in [1.29, 1.82) is 0 Å². The van der Waals surface area contributed by atoms with Crippen LogP contribution in [-0.2, 0) is 16.9 Å². The number of benzene rings is 3. The van der Waals surface area contributed by atoms with E-state index >= 15 is 0 Å². The van der Waals surface area contributed by atoms with Crippen molar-refractivity contribution in [1.82, 2.24) is 15.5 Å². The van der Waals surface area contributed by atoms with E-state index in [4.69, 9.17) is 0 Å². The number of halogens is 3. The summed E-state index contributed by atoms with van der Waals surface area (Å²) in [6.07, 6.45) is 0. The molecule has 1 saturated heterocycles. The summed E-state index contributed by atoms with van der Waals surface area (Å²) in [4.78, 5) is 39.1. The maximum Gasteiger partial charge on any atom is 0.322 e. The van der Waals surface area contributed by atoms with Gasteiger partial charge in [-0.25, -0.2) is 18.0 Å². The van der Waals surface area contributed by atoms with Crippen LogP contribution in [0, 0.1) is 17.5 Å². The standard InChI is InChI=1S/C24H16F3N3O3/c25-16-6-3-14-11-30(21(31)19(14)9-16)12-24(22(32)28-23(33)29-24)15-4-1-13(2-5-15)18-8-7-17(26)10-20(18)27/h1-10H,11-12H2,(H2,28,29,32,33)/t24-/m0/s1. The smallest absolute Gasteiger partial charge is 0.322 e. The van der Waals surface area contributed by atoms with Gasteiger partial charge in [0, 0.05) is 23.7 Å². The normalized spacial score (nSPS) is 19.5. The van der Waals surface area contributed by atoms with Gasteiger partial charge in [0.05, 0.1) is 6.54 Å². The third-order valence-electron chi connectivity index (χ3n) is 5.94. The predicted molar refractivity (Wildman–Crippen MR) is 111 cm³/mol. The van der Waals surface area contributed by atoms with Crippen LogP contribution in [0.5, 0.6) is 0 Å². The molecule has 0 unspecified atom stereocenters. The van der Waals surface area contributed by atoms with E-state index in [1.807, 2.05) is 0 Å². The number of carbonyl (C=O) groups is 3. The molecule has 1 atom stereocenters. The van der Waals surface area contributed by atoms with Gasteiger partial charge < -0.3 is 10.2 Å². The molecule has 5 rings (SSSR count). The molecule has 2 aliphatic heterocycles. The van der Waals surface area contributed by atoms with Crippen LogP contribution in [0.1, 0.15) is 21.5 Å². The molecule has 0 bridgehead atoms. The lowest BCUT2D eigenvalue weighted by molar-refractivity contribution is -0.124. The van der Waals surface area contributed by atoms with Gasteiger partial charge in [-0.3, -0.25) is 14.9 Å². The van der Waals surface area contributed by atoms with Gasteiger partial charge in [-0.15, -0.1) is 0 Å². The van der Waals surface area contributed by atoms with Crippen molar-refractivity contribution in [2.24, 2.45) is 0 Å². The number of nitrogens with one attached hydrogen (secondary N) is 2. The zero-order valence-corrected chi connectivity index (χ0v) is 17.0. The Hall–Kier alpha value is -4.14. The number of hydrogen-bond donors (Lipinski definition) is 2. The highest BCUT2D eigenvalue weighted by Gasteiger charge is 2.50. The lowest BCUT2D eigenvalue weighted by atomic mass is 9.88. The number of imide groups is 1. The number of amides is 4. The van der Waals surface area contributed by atoms with Crippen LogP contribution < -0.4 is 10.6 Å². The fourth-order valence-electron chi connectivity index (χ4n) is 4.30. The summed E-state index contributed by atoms with van der Waals surface area (Å²) >= 11 is 0. The largest absolute Gasteiger partial charge is 0.331 e. The van der Waals surface area contributed by atoms with Crippen molar-refractivity contribution < 1.29 is 27.6 Å². The topological polar surface area (TPSA) is 78.5 Å². The Balaban J connectivity index is 1.49. The summed E-state index contributed by atoms with van der Waals surface area (Å²) in [5.74, 6) is -3.09. The van der Waals surface area contributed by atoms with E-state index in [9.17, 15) is 27.6 Å². The van der Waals surface area contributed by atoms with Gasteiger partial charge in [0.1, 0.15) is 17.5 Å². The summed E-state index contributed by atoms with van der Waals surface area (Å²) in [6, 6.07) is 12.6. The van der Waals surface area contributed by atoms with Gasteiger partial charge in [0.2, 0.25) is 0 Å². The Kier molecular flexibility index (Phi) is 4.70. The highest BCUT2D eigenvalue weighted by molar-refractivity contribution is 6.08. The molecule has 4 amide bonds. The van der Waals surface area contributed by atoms with Crippen molar-refractivity contribution in [3.8, 4) is 11.1 Å². The molecule has 2 heterocycles. The minimum atomic E-state index is -1.59. The van der Waals surface area contributed by atoms with E-state index in [1.54, 1.807) is 12.1 Å². The molecule has 1 fully saturated rings. The Labute approximate surface area is 186 Å². The first-order valence-corrected chi connectivity index (χ1v) is 10.0. The van der Waals surface area contributed by atoms with Gasteiger partial charge in [-0.1, -0.05) is 30.3 Å². The second-order valence-electron chi connectivity index (χ2n) is 7.98. The zero-order chi connectivity index (χ0) is 23.3. The van der Waals surface area contributed by atoms with Crippen molar-refractivity contribution >= 4 is 17.8 Å². The number of carbonyl (C=O) groups excluding carboxylic acids is 3. The van der Waals surface area contributed by atoms with Gasteiger partial charge in [0.15, 0.2) is 5.54 Å². The molecule has 0 aliphatic carbocycles. The molecule has 3 aromatic carbocycles. The summed E-state index contributed by atoms with van der Waals surface area (Å²) < 4.78 is 41.0. The van der Waals surface area contributed by atoms with Crippen molar-refractivity contribution in [3.63, 3.8) is 0 Å². The quantitative estimate of drug-likeness (QED) is 0.597. The van der Waals surface area contributed by atoms with Gasteiger partial charge >= 0.3 is 6.03 Å². The van der Waals surface area contributed by atoms with E-state index < -0.39 is 40.8 Å². The number of hydrogen-bond acceptors (Lipinski definition) is 3. The van der Waals surface area contributed by atoms with Crippen LogP contribution in [0.4, 0.5) is 18.0 Å². The average Bonchev–Trinajstić information content (AvgIpc) is 3.24. The number of fused-ring (bicyclic) bond motifs is 1. The van der Waals surface area contributed by atoms with Crippen molar-refractivity contribution in [3.05, 3.63) is 94.8 Å². The van der Waals surface area contributed by atoms with E-state index in [2.05, 4.69) is 10.6 Å². The minimum Gasteiger partial charge on any atom is -0.331 e. The zero-order valence-electron chi connectivity index (χ0n) is 17.0. The third kappa shape index (κ3) is 3.42. The molecule has 0 spiro atoms. The van der Waals surface area contributed by atoms with Gasteiger partial charge in [0.25, 0.3) is 11.8 Å². The third-order valence-corrected chi connectivity index (χ3v) is 5.94. The highest BCUT2D eigenvalue weighted by Crippen LogP contribution is 2.33. The Morgan fingerprint density at radius 1 is 0.848 bits per heavy atom. The maximum absolute atomic E-state index is 14.2. The fourth-order valence-corrected chi connectivity index (χ4v) is 4.30. The molecule has 0 saturated carbocycles. The number of nitrogens with zero attached hydrogens (tertiary/aromatic N) is 1. The van der Waals surface area contributed by atoms with Crippen LogP contribution in [-0.4, -0.2) is 29.3 Å². The van der Waals surface area contributed by atoms with Gasteiger partial charge in [-0.2, -0.15) is 0 Å². The maximum atomic E-state index is 14.2. The summed E-state index contributed by atoms with van der Waals surface area (Å²) in [5, 5.41) is 4.80. The molecule has 0 radical (unpaired) electrons.